The fourth-order valence-electron chi connectivity index (χ4n) is 3.74. The molecule has 3 aromatic carbocycles. The van der Waals surface area contributed by atoms with E-state index in [1.54, 1.807) is 18.3 Å². The maximum atomic E-state index is 13.4. The number of pyridine rings is 1. The van der Waals surface area contributed by atoms with Gasteiger partial charge in [-0.1, -0.05) is 41.9 Å². The third-order valence-corrected chi connectivity index (χ3v) is 6.68. The van der Waals surface area contributed by atoms with Crippen molar-refractivity contribution in [3.8, 4) is 0 Å². The number of halogens is 4. The highest BCUT2D eigenvalue weighted by atomic mass is 35.5. The molecule has 190 valence electrons. The summed E-state index contributed by atoms with van der Waals surface area (Å²) in [5, 5.41) is 3.87. The van der Waals surface area contributed by atoms with Crippen LogP contribution in [0.1, 0.15) is 5.56 Å². The van der Waals surface area contributed by atoms with Crippen LogP contribution in [0.25, 0.3) is 17.0 Å². The number of aromatic nitrogens is 1. The maximum Gasteiger partial charge on any atom is 0.472 e. The molecular formula is C27H16ClF3N4O2S. The van der Waals surface area contributed by atoms with Gasteiger partial charge in [0.25, 0.3) is 5.91 Å². The van der Waals surface area contributed by atoms with Gasteiger partial charge in [0.05, 0.1) is 26.8 Å². The van der Waals surface area contributed by atoms with E-state index in [0.29, 0.717) is 9.81 Å². The first kappa shape index (κ1) is 25.5. The molecule has 6 nitrogen and oxygen atoms in total. The topological polar surface area (TPSA) is 74.7 Å². The van der Waals surface area contributed by atoms with Crippen molar-refractivity contribution in [2.75, 3.05) is 4.90 Å². The van der Waals surface area contributed by atoms with Crippen LogP contribution < -0.4 is 10.2 Å². The number of para-hydroxylation sites is 1. The Kier molecular flexibility index (Phi) is 6.92. The molecule has 4 aromatic rings. The molecule has 1 fully saturated rings. The normalized spacial score (nSPS) is 15.7. The first-order valence-corrected chi connectivity index (χ1v) is 12.3. The number of rotatable bonds is 4. The summed E-state index contributed by atoms with van der Waals surface area (Å²) in [5.41, 5.74) is 1.63. The van der Waals surface area contributed by atoms with Crippen molar-refractivity contribution in [2.45, 2.75) is 6.18 Å². The Morgan fingerprint density at radius 1 is 1.00 bits per heavy atom. The molecule has 0 unspecified atom stereocenters. The van der Waals surface area contributed by atoms with Crippen LogP contribution in [0, 0.1) is 0 Å². The number of amides is 2. The zero-order valence-electron chi connectivity index (χ0n) is 19.2. The van der Waals surface area contributed by atoms with E-state index < -0.39 is 12.1 Å². The quantitative estimate of drug-likeness (QED) is 0.276. The number of thioether (sulfide) groups is 1. The van der Waals surface area contributed by atoms with Gasteiger partial charge in [0.1, 0.15) is 0 Å². The molecule has 0 radical (unpaired) electrons. The van der Waals surface area contributed by atoms with Gasteiger partial charge >= 0.3 is 12.1 Å². The largest absolute Gasteiger partial charge is 0.472 e. The molecular weight excluding hydrogens is 537 g/mol. The van der Waals surface area contributed by atoms with Crippen molar-refractivity contribution in [2.24, 2.45) is 4.99 Å². The summed E-state index contributed by atoms with van der Waals surface area (Å²) in [6.45, 7) is 0. The van der Waals surface area contributed by atoms with E-state index in [9.17, 15) is 22.8 Å². The Bertz CT molecular complexity index is 1620. The number of hydrogen-bond acceptors (Lipinski definition) is 5. The third kappa shape index (κ3) is 5.41. The number of nitrogens with zero attached hydrogens (tertiary/aromatic N) is 3. The molecule has 1 saturated heterocycles. The number of nitrogens with one attached hydrogen (secondary N) is 1. The second kappa shape index (κ2) is 10.3. The van der Waals surface area contributed by atoms with E-state index in [0.717, 1.165) is 28.2 Å². The first-order valence-electron chi connectivity index (χ1n) is 11.1. The van der Waals surface area contributed by atoms with Gasteiger partial charge in [-0.2, -0.15) is 13.2 Å². The zero-order chi connectivity index (χ0) is 26.9. The monoisotopic (exact) mass is 552 g/mol. The number of fused-ring (bicyclic) bond motifs is 1. The number of benzene rings is 3. The number of carbonyl (C=O) groups is 2. The number of hydrogen-bond donors (Lipinski definition) is 1. The summed E-state index contributed by atoms with van der Waals surface area (Å²) in [6, 6.07) is 20.7. The predicted molar refractivity (Wildman–Crippen MR) is 144 cm³/mol. The van der Waals surface area contributed by atoms with Crippen LogP contribution >= 0.6 is 23.4 Å². The lowest BCUT2D eigenvalue weighted by atomic mass is 10.1. The van der Waals surface area contributed by atoms with Crippen molar-refractivity contribution in [1.29, 1.82) is 0 Å². The summed E-state index contributed by atoms with van der Waals surface area (Å²) in [6.07, 6.45) is -1.72. The highest BCUT2D eigenvalue weighted by molar-refractivity contribution is 8.18. The molecule has 0 saturated carbocycles. The standard InChI is InChI=1S/C27H16ClF3N4O2S/c28-20-10-9-19(35(25(37)27(29,30)31)18-6-2-1-3-7-18)15-22(20)33-26-34-24(36)23(38-26)14-16-8-11-21-17(13-16)5-4-12-32-21/h1-15H,(H,33,34,36). The van der Waals surface area contributed by atoms with Crippen LogP contribution in [0.4, 0.5) is 30.2 Å². The van der Waals surface area contributed by atoms with E-state index in [-0.39, 0.29) is 33.2 Å². The van der Waals surface area contributed by atoms with E-state index in [1.165, 1.54) is 42.5 Å². The van der Waals surface area contributed by atoms with E-state index in [2.05, 4.69) is 15.3 Å². The van der Waals surface area contributed by atoms with E-state index >= 15 is 0 Å². The average molecular weight is 553 g/mol. The molecule has 0 bridgehead atoms. The van der Waals surface area contributed by atoms with Crippen molar-refractivity contribution in [1.82, 2.24) is 10.3 Å². The number of aliphatic imine (C=N–C) groups is 1. The summed E-state index contributed by atoms with van der Waals surface area (Å²) >= 11 is 7.34. The van der Waals surface area contributed by atoms with Crippen molar-refractivity contribution in [3.05, 3.63) is 101 Å². The van der Waals surface area contributed by atoms with Crippen LogP contribution in [-0.4, -0.2) is 28.1 Å². The Morgan fingerprint density at radius 2 is 1.79 bits per heavy atom. The smallest absolute Gasteiger partial charge is 0.300 e. The van der Waals surface area contributed by atoms with Gasteiger partial charge in [-0.05, 0) is 71.9 Å². The van der Waals surface area contributed by atoms with Crippen molar-refractivity contribution in [3.63, 3.8) is 0 Å². The number of carbonyl (C=O) groups excluding carboxylic acids is 2. The molecule has 0 atom stereocenters. The lowest BCUT2D eigenvalue weighted by Crippen LogP contribution is -2.38. The number of alkyl halides is 3. The zero-order valence-corrected chi connectivity index (χ0v) is 20.8. The summed E-state index contributed by atoms with van der Waals surface area (Å²) < 4.78 is 40.3. The molecule has 5 rings (SSSR count). The van der Waals surface area contributed by atoms with Crippen LogP contribution in [0.3, 0.4) is 0 Å². The fraction of sp³-hybridized carbons (Fsp3) is 0.0370. The van der Waals surface area contributed by atoms with Gasteiger partial charge in [0, 0.05) is 17.3 Å². The second-order valence-corrected chi connectivity index (χ2v) is 9.48. The molecule has 1 aliphatic heterocycles. The highest BCUT2D eigenvalue weighted by Gasteiger charge is 2.43. The summed E-state index contributed by atoms with van der Waals surface area (Å²) in [5.74, 6) is -2.45. The van der Waals surface area contributed by atoms with Crippen LogP contribution in [-0.2, 0) is 9.59 Å². The molecule has 2 amide bonds. The highest BCUT2D eigenvalue weighted by Crippen LogP contribution is 2.37. The van der Waals surface area contributed by atoms with Crippen LogP contribution in [0.5, 0.6) is 0 Å². The molecule has 1 N–H and O–H groups in total. The molecule has 0 aliphatic carbocycles. The van der Waals surface area contributed by atoms with Crippen LogP contribution in [0.15, 0.2) is 95.0 Å². The Labute approximate surface area is 223 Å². The maximum absolute atomic E-state index is 13.4. The molecule has 11 heteroatoms. The SMILES string of the molecule is O=C1NC(=Nc2cc(N(C(=O)C(F)(F)F)c3ccccc3)ccc2Cl)SC1=Cc1ccc2ncccc2c1. The summed E-state index contributed by atoms with van der Waals surface area (Å²) in [7, 11) is 0. The van der Waals surface area contributed by atoms with E-state index in [1.807, 2.05) is 30.3 Å². The first-order chi connectivity index (χ1) is 18.2. The minimum Gasteiger partial charge on any atom is -0.300 e. The fourth-order valence-corrected chi connectivity index (χ4v) is 4.73. The Balaban J connectivity index is 1.46. The van der Waals surface area contributed by atoms with Gasteiger partial charge in [0.2, 0.25) is 0 Å². The molecule has 0 spiro atoms. The van der Waals surface area contributed by atoms with Crippen molar-refractivity contribution >= 4 is 74.4 Å². The lowest BCUT2D eigenvalue weighted by Gasteiger charge is -2.24. The third-order valence-electron chi connectivity index (χ3n) is 5.45. The summed E-state index contributed by atoms with van der Waals surface area (Å²) in [4.78, 5) is 34.4. The lowest BCUT2D eigenvalue weighted by molar-refractivity contribution is -0.169. The van der Waals surface area contributed by atoms with Gasteiger partial charge in [-0.25, -0.2) is 4.99 Å². The Morgan fingerprint density at radius 3 is 2.55 bits per heavy atom. The molecule has 38 heavy (non-hydrogen) atoms. The van der Waals surface area contributed by atoms with Gasteiger partial charge in [-0.15, -0.1) is 0 Å². The Hall–Kier alpha value is -4.15. The molecule has 2 heterocycles. The van der Waals surface area contributed by atoms with Gasteiger partial charge < -0.3 is 5.32 Å². The molecule has 1 aliphatic rings. The second-order valence-electron chi connectivity index (χ2n) is 8.05. The van der Waals surface area contributed by atoms with E-state index in [4.69, 9.17) is 11.6 Å². The van der Waals surface area contributed by atoms with Crippen molar-refractivity contribution < 1.29 is 22.8 Å². The number of anilines is 2. The molecule has 1 aromatic heterocycles. The number of amidine groups is 1. The van der Waals surface area contributed by atoms with Gasteiger partial charge in [-0.3, -0.25) is 19.5 Å². The van der Waals surface area contributed by atoms with Gasteiger partial charge in [0.15, 0.2) is 5.17 Å². The minimum atomic E-state index is -5.12. The minimum absolute atomic E-state index is 0.0232. The predicted octanol–water partition coefficient (Wildman–Crippen LogP) is 7.01. The average Bonchev–Trinajstić information content (AvgIpc) is 3.24. The van der Waals surface area contributed by atoms with Crippen LogP contribution in [0.2, 0.25) is 5.02 Å².